The Balaban J connectivity index is 2.79. The van der Waals surface area contributed by atoms with Gasteiger partial charge in [-0.2, -0.15) is 13.2 Å². The van der Waals surface area contributed by atoms with E-state index in [0.717, 1.165) is 0 Å². The summed E-state index contributed by atoms with van der Waals surface area (Å²) in [5.74, 6) is -0.659. The molecule has 0 heterocycles. The molecule has 0 amide bonds. The smallest absolute Gasteiger partial charge is 0.392 e. The molecule has 0 atom stereocenters. The van der Waals surface area contributed by atoms with E-state index in [0.29, 0.717) is 5.69 Å². The van der Waals surface area contributed by atoms with Crippen LogP contribution in [0.3, 0.4) is 0 Å². The van der Waals surface area contributed by atoms with Crippen LogP contribution in [0.25, 0.3) is 0 Å². The van der Waals surface area contributed by atoms with E-state index in [-0.39, 0.29) is 17.9 Å². The van der Waals surface area contributed by atoms with Crippen LogP contribution in [0, 0.1) is 0 Å². The fourth-order valence-electron chi connectivity index (χ4n) is 1.32. The molecule has 106 valence electrons. The van der Waals surface area contributed by atoms with Gasteiger partial charge in [-0.25, -0.2) is 4.79 Å². The lowest BCUT2D eigenvalue weighted by Crippen LogP contribution is -2.15. The van der Waals surface area contributed by atoms with Crippen LogP contribution in [0.15, 0.2) is 18.2 Å². The average Bonchev–Trinajstić information content (AvgIpc) is 2.29. The summed E-state index contributed by atoms with van der Waals surface area (Å²) in [5, 5.41) is 0. The minimum atomic E-state index is -4.31. The number of anilines is 1. The van der Waals surface area contributed by atoms with Crippen molar-refractivity contribution in [1.82, 2.24) is 0 Å². The van der Waals surface area contributed by atoms with Crippen LogP contribution in [0.2, 0.25) is 0 Å². The summed E-state index contributed by atoms with van der Waals surface area (Å²) >= 11 is 0. The van der Waals surface area contributed by atoms with E-state index < -0.39 is 25.2 Å². The minimum Gasteiger partial charge on any atom is -0.492 e. The molecule has 0 aromatic heterocycles. The molecule has 1 rings (SSSR count). The van der Waals surface area contributed by atoms with E-state index in [1.54, 1.807) is 6.92 Å². The molecule has 2 N–H and O–H groups in total. The molecule has 1 aromatic carbocycles. The van der Waals surface area contributed by atoms with Crippen molar-refractivity contribution in [2.75, 3.05) is 18.9 Å². The van der Waals surface area contributed by atoms with Crippen molar-refractivity contribution in [3.05, 3.63) is 23.8 Å². The highest BCUT2D eigenvalue weighted by molar-refractivity contribution is 5.93. The summed E-state index contributed by atoms with van der Waals surface area (Å²) in [6, 6.07) is 4.09. The Morgan fingerprint density at radius 3 is 2.63 bits per heavy atom. The van der Waals surface area contributed by atoms with E-state index >= 15 is 0 Å². The fraction of sp³-hybridized carbons (Fsp3) is 0.417. The van der Waals surface area contributed by atoms with Gasteiger partial charge in [0.1, 0.15) is 11.3 Å². The number of benzene rings is 1. The third-order valence-corrected chi connectivity index (χ3v) is 2.14. The number of carbonyl (C=O) groups is 1. The highest BCUT2D eigenvalue weighted by Crippen LogP contribution is 2.24. The molecular formula is C12H14F3NO3. The molecule has 1 aromatic rings. The van der Waals surface area contributed by atoms with Crippen molar-refractivity contribution in [3.8, 4) is 5.75 Å². The minimum absolute atomic E-state index is 0.0176. The normalized spacial score (nSPS) is 11.2. The Labute approximate surface area is 108 Å². The third-order valence-electron chi connectivity index (χ3n) is 2.14. The fourth-order valence-corrected chi connectivity index (χ4v) is 1.32. The zero-order valence-electron chi connectivity index (χ0n) is 10.3. The van der Waals surface area contributed by atoms with Crippen LogP contribution in [0.5, 0.6) is 5.75 Å². The summed E-state index contributed by atoms with van der Waals surface area (Å²) < 4.78 is 45.8. The van der Waals surface area contributed by atoms with Crippen LogP contribution in [-0.4, -0.2) is 25.4 Å². The number of rotatable bonds is 5. The van der Waals surface area contributed by atoms with Gasteiger partial charge < -0.3 is 15.2 Å². The maximum atomic E-state index is 12.0. The lowest BCUT2D eigenvalue weighted by atomic mass is 10.2. The van der Waals surface area contributed by atoms with E-state index in [2.05, 4.69) is 0 Å². The molecule has 0 aliphatic carbocycles. The summed E-state index contributed by atoms with van der Waals surface area (Å²) in [7, 11) is 0. The predicted molar refractivity (Wildman–Crippen MR) is 63.0 cm³/mol. The highest BCUT2D eigenvalue weighted by Gasteiger charge is 2.27. The van der Waals surface area contributed by atoms with E-state index in [1.165, 1.54) is 18.2 Å². The third kappa shape index (κ3) is 5.07. The molecular weight excluding hydrogens is 263 g/mol. The van der Waals surface area contributed by atoms with Crippen LogP contribution >= 0.6 is 0 Å². The average molecular weight is 277 g/mol. The van der Waals surface area contributed by atoms with Gasteiger partial charge in [-0.1, -0.05) is 0 Å². The molecule has 0 saturated heterocycles. The number of hydrogen-bond donors (Lipinski definition) is 1. The van der Waals surface area contributed by atoms with Crippen LogP contribution in [0.4, 0.5) is 18.9 Å². The van der Waals surface area contributed by atoms with Crippen LogP contribution in [-0.2, 0) is 4.74 Å². The summed E-state index contributed by atoms with van der Waals surface area (Å²) in [5.41, 5.74) is 5.83. The topological polar surface area (TPSA) is 61.5 Å². The Hall–Kier alpha value is -1.92. The van der Waals surface area contributed by atoms with Crippen molar-refractivity contribution in [2.45, 2.75) is 19.5 Å². The monoisotopic (exact) mass is 277 g/mol. The zero-order chi connectivity index (χ0) is 14.5. The van der Waals surface area contributed by atoms with Crippen molar-refractivity contribution in [1.29, 1.82) is 0 Å². The SMILES string of the molecule is CCOC(=O)c1cc(N)ccc1OCCC(F)(F)F. The predicted octanol–water partition coefficient (Wildman–Crippen LogP) is 2.78. The molecule has 4 nitrogen and oxygen atoms in total. The first-order chi connectivity index (χ1) is 8.83. The number of esters is 1. The second-order valence-corrected chi connectivity index (χ2v) is 3.69. The number of nitrogens with two attached hydrogens (primary N) is 1. The summed E-state index contributed by atoms with van der Waals surface area (Å²) in [6.45, 7) is 1.20. The Kier molecular flexibility index (Phi) is 5.02. The maximum Gasteiger partial charge on any atom is 0.392 e. The maximum absolute atomic E-state index is 12.0. The van der Waals surface area contributed by atoms with Gasteiger partial charge in [-0.3, -0.25) is 0 Å². The molecule has 0 radical (unpaired) electrons. The van der Waals surface area contributed by atoms with Crippen molar-refractivity contribution in [3.63, 3.8) is 0 Å². The van der Waals surface area contributed by atoms with Crippen molar-refractivity contribution >= 4 is 11.7 Å². The van der Waals surface area contributed by atoms with E-state index in [1.807, 2.05) is 0 Å². The molecule has 7 heteroatoms. The molecule has 0 aliphatic rings. The van der Waals surface area contributed by atoms with E-state index in [4.69, 9.17) is 15.2 Å². The molecule has 0 unspecified atom stereocenters. The van der Waals surface area contributed by atoms with Gasteiger partial charge in [-0.15, -0.1) is 0 Å². The van der Waals surface area contributed by atoms with Gasteiger partial charge in [0.25, 0.3) is 0 Å². The first-order valence-corrected chi connectivity index (χ1v) is 5.59. The van der Waals surface area contributed by atoms with Gasteiger partial charge in [-0.05, 0) is 25.1 Å². The van der Waals surface area contributed by atoms with Crippen LogP contribution in [0.1, 0.15) is 23.7 Å². The molecule has 0 bridgehead atoms. The quantitative estimate of drug-likeness (QED) is 0.664. The molecule has 0 aliphatic heterocycles. The summed E-state index contributed by atoms with van der Waals surface area (Å²) in [6.07, 6.45) is -5.41. The van der Waals surface area contributed by atoms with Gasteiger partial charge >= 0.3 is 12.1 Å². The van der Waals surface area contributed by atoms with Crippen molar-refractivity contribution < 1.29 is 27.4 Å². The van der Waals surface area contributed by atoms with E-state index in [9.17, 15) is 18.0 Å². The number of halogens is 3. The standard InChI is InChI=1S/C12H14F3NO3/c1-2-18-11(17)9-7-8(16)3-4-10(9)19-6-5-12(13,14)15/h3-4,7H,2,5-6,16H2,1H3. The molecule has 0 fully saturated rings. The number of alkyl halides is 3. The number of ether oxygens (including phenoxy) is 2. The number of hydrogen-bond acceptors (Lipinski definition) is 4. The number of carbonyl (C=O) groups excluding carboxylic acids is 1. The zero-order valence-corrected chi connectivity index (χ0v) is 10.3. The van der Waals surface area contributed by atoms with Gasteiger partial charge in [0, 0.05) is 5.69 Å². The van der Waals surface area contributed by atoms with Gasteiger partial charge in [0.05, 0.1) is 19.6 Å². The lowest BCUT2D eigenvalue weighted by Gasteiger charge is -2.12. The Morgan fingerprint density at radius 2 is 2.05 bits per heavy atom. The summed E-state index contributed by atoms with van der Waals surface area (Å²) in [4.78, 5) is 11.6. The number of nitrogen functional groups attached to an aromatic ring is 1. The molecule has 19 heavy (non-hydrogen) atoms. The van der Waals surface area contributed by atoms with Gasteiger partial charge in [0.2, 0.25) is 0 Å². The molecule has 0 saturated carbocycles. The first kappa shape index (κ1) is 15.1. The first-order valence-electron chi connectivity index (χ1n) is 5.59. The van der Waals surface area contributed by atoms with Crippen LogP contribution < -0.4 is 10.5 Å². The lowest BCUT2D eigenvalue weighted by molar-refractivity contribution is -0.139. The largest absolute Gasteiger partial charge is 0.492 e. The second-order valence-electron chi connectivity index (χ2n) is 3.69. The highest BCUT2D eigenvalue weighted by atomic mass is 19.4. The molecule has 0 spiro atoms. The van der Waals surface area contributed by atoms with Gasteiger partial charge in [0.15, 0.2) is 0 Å². The Morgan fingerprint density at radius 1 is 1.37 bits per heavy atom. The van der Waals surface area contributed by atoms with Crippen molar-refractivity contribution in [2.24, 2.45) is 0 Å². The Bertz CT molecular complexity index is 446. The second kappa shape index (κ2) is 6.31.